The highest BCUT2D eigenvalue weighted by Crippen LogP contribution is 2.26. The van der Waals surface area contributed by atoms with Crippen molar-refractivity contribution in [3.05, 3.63) is 22.2 Å². The van der Waals surface area contributed by atoms with E-state index in [1.165, 1.54) is 6.07 Å². The van der Waals surface area contributed by atoms with E-state index in [9.17, 15) is 13.5 Å². The summed E-state index contributed by atoms with van der Waals surface area (Å²) in [5.41, 5.74) is 6.66. The largest absolute Gasteiger partial charge is 0.398 e. The predicted octanol–water partition coefficient (Wildman–Crippen LogP) is 1.78. The van der Waals surface area contributed by atoms with Crippen molar-refractivity contribution >= 4 is 31.6 Å². The van der Waals surface area contributed by atoms with Gasteiger partial charge in [-0.1, -0.05) is 13.3 Å². The van der Waals surface area contributed by atoms with Gasteiger partial charge < -0.3 is 10.8 Å². The summed E-state index contributed by atoms with van der Waals surface area (Å²) in [6.07, 6.45) is 0.685. The molecule has 7 heteroatoms. The molecular formula is C12H19BrN2O3S. The molecule has 0 aliphatic rings. The molecule has 5 nitrogen and oxygen atoms in total. The molecule has 0 fully saturated rings. The summed E-state index contributed by atoms with van der Waals surface area (Å²) in [7, 11) is -3.65. The number of nitrogens with one attached hydrogen (secondary N) is 1. The quantitative estimate of drug-likeness (QED) is 0.681. The second-order valence-corrected chi connectivity index (χ2v) is 7.02. The predicted molar refractivity (Wildman–Crippen MR) is 79.4 cm³/mol. The monoisotopic (exact) mass is 350 g/mol. The minimum atomic E-state index is -3.65. The summed E-state index contributed by atoms with van der Waals surface area (Å²) in [4.78, 5) is 0.136. The fourth-order valence-electron chi connectivity index (χ4n) is 1.68. The van der Waals surface area contributed by atoms with E-state index < -0.39 is 16.1 Å². The van der Waals surface area contributed by atoms with Crippen LogP contribution in [0.3, 0.4) is 0 Å². The fraction of sp³-hybridized carbons (Fsp3) is 0.500. The van der Waals surface area contributed by atoms with Gasteiger partial charge >= 0.3 is 0 Å². The average Bonchev–Trinajstić information content (AvgIpc) is 2.31. The number of hydrogen-bond donors (Lipinski definition) is 3. The lowest BCUT2D eigenvalue weighted by Gasteiger charge is -2.13. The number of sulfonamides is 1. The summed E-state index contributed by atoms with van der Waals surface area (Å²) < 4.78 is 27.3. The molecule has 1 rings (SSSR count). The van der Waals surface area contributed by atoms with Crippen LogP contribution in [0.2, 0.25) is 0 Å². The molecule has 0 saturated heterocycles. The Morgan fingerprint density at radius 2 is 2.11 bits per heavy atom. The van der Waals surface area contributed by atoms with Crippen molar-refractivity contribution in [1.29, 1.82) is 0 Å². The number of anilines is 1. The molecule has 0 radical (unpaired) electrons. The lowest BCUT2D eigenvalue weighted by Crippen LogP contribution is -2.32. The Hall–Kier alpha value is -0.630. The molecule has 0 saturated carbocycles. The van der Waals surface area contributed by atoms with E-state index in [0.717, 1.165) is 6.42 Å². The van der Waals surface area contributed by atoms with Gasteiger partial charge in [0.2, 0.25) is 10.0 Å². The number of benzene rings is 1. The molecule has 4 N–H and O–H groups in total. The Bertz CT molecular complexity index is 546. The van der Waals surface area contributed by atoms with E-state index in [1.54, 1.807) is 13.0 Å². The van der Waals surface area contributed by atoms with Gasteiger partial charge in [-0.05, 0) is 47.0 Å². The number of hydrogen-bond acceptors (Lipinski definition) is 4. The highest BCUT2D eigenvalue weighted by molar-refractivity contribution is 9.10. The van der Waals surface area contributed by atoms with E-state index in [2.05, 4.69) is 20.7 Å². The van der Waals surface area contributed by atoms with E-state index in [4.69, 9.17) is 5.73 Å². The first kappa shape index (κ1) is 16.4. The zero-order valence-electron chi connectivity index (χ0n) is 11.0. The average molecular weight is 351 g/mol. The second kappa shape index (κ2) is 6.69. The molecule has 0 aliphatic heterocycles. The van der Waals surface area contributed by atoms with Crippen LogP contribution < -0.4 is 10.5 Å². The summed E-state index contributed by atoms with van der Waals surface area (Å²) in [6, 6.07) is 3.07. The minimum Gasteiger partial charge on any atom is -0.398 e. The third-order valence-corrected chi connectivity index (χ3v) is 4.97. The molecule has 1 aromatic carbocycles. The molecule has 0 amide bonds. The molecular weight excluding hydrogens is 332 g/mol. The Morgan fingerprint density at radius 3 is 2.68 bits per heavy atom. The summed E-state index contributed by atoms with van der Waals surface area (Å²) in [5.74, 6) is 0. The number of rotatable bonds is 6. The van der Waals surface area contributed by atoms with Gasteiger partial charge in [0.05, 0.1) is 11.0 Å². The number of aliphatic hydroxyl groups is 1. The van der Waals surface area contributed by atoms with Gasteiger partial charge in [0.25, 0.3) is 0 Å². The number of aryl methyl sites for hydroxylation is 1. The van der Waals surface area contributed by atoms with Crippen molar-refractivity contribution in [2.75, 3.05) is 12.3 Å². The van der Waals surface area contributed by atoms with E-state index in [1.807, 2.05) is 6.92 Å². The first-order valence-corrected chi connectivity index (χ1v) is 8.29. The second-order valence-electron chi connectivity index (χ2n) is 4.43. The zero-order valence-corrected chi connectivity index (χ0v) is 13.4. The van der Waals surface area contributed by atoms with Crippen LogP contribution in [-0.2, 0) is 10.0 Å². The number of halogens is 1. The Morgan fingerprint density at radius 1 is 1.47 bits per heavy atom. The fourth-order valence-corrected chi connectivity index (χ4v) is 3.47. The summed E-state index contributed by atoms with van der Waals surface area (Å²) in [6.45, 7) is 3.63. The van der Waals surface area contributed by atoms with Gasteiger partial charge in [-0.15, -0.1) is 0 Å². The maximum atomic E-state index is 12.1. The number of nitrogens with two attached hydrogens (primary N) is 1. The Labute approximate surface area is 122 Å². The highest BCUT2D eigenvalue weighted by atomic mass is 79.9. The van der Waals surface area contributed by atoms with Gasteiger partial charge in [-0.25, -0.2) is 13.1 Å². The van der Waals surface area contributed by atoms with Crippen molar-refractivity contribution in [1.82, 2.24) is 4.72 Å². The van der Waals surface area contributed by atoms with Crippen molar-refractivity contribution < 1.29 is 13.5 Å². The van der Waals surface area contributed by atoms with Gasteiger partial charge in [-0.2, -0.15) is 0 Å². The first-order chi connectivity index (χ1) is 8.77. The molecule has 0 bridgehead atoms. The Balaban J connectivity index is 2.92. The maximum Gasteiger partial charge on any atom is 0.240 e. The lowest BCUT2D eigenvalue weighted by molar-refractivity contribution is 0.167. The normalized spacial score (nSPS) is 13.5. The first-order valence-electron chi connectivity index (χ1n) is 6.01. The summed E-state index contributed by atoms with van der Waals surface area (Å²) >= 11 is 3.25. The summed E-state index contributed by atoms with van der Waals surface area (Å²) in [5, 5.41) is 9.57. The lowest BCUT2D eigenvalue weighted by atomic mass is 10.2. The van der Waals surface area contributed by atoms with Crippen molar-refractivity contribution in [3.8, 4) is 0 Å². The van der Waals surface area contributed by atoms with Crippen LogP contribution in [-0.4, -0.2) is 26.2 Å². The highest BCUT2D eigenvalue weighted by Gasteiger charge is 2.19. The van der Waals surface area contributed by atoms with Gasteiger partial charge in [-0.3, -0.25) is 0 Å². The van der Waals surface area contributed by atoms with Crippen LogP contribution in [0, 0.1) is 6.92 Å². The van der Waals surface area contributed by atoms with Crippen molar-refractivity contribution in [2.24, 2.45) is 0 Å². The van der Waals surface area contributed by atoms with Crippen LogP contribution in [0.1, 0.15) is 25.3 Å². The van der Waals surface area contributed by atoms with E-state index in [-0.39, 0.29) is 11.4 Å². The molecule has 0 heterocycles. The molecule has 1 aromatic rings. The van der Waals surface area contributed by atoms with Gasteiger partial charge in [0.1, 0.15) is 0 Å². The number of aliphatic hydroxyl groups excluding tert-OH is 1. The van der Waals surface area contributed by atoms with Crippen molar-refractivity contribution in [2.45, 2.75) is 37.7 Å². The van der Waals surface area contributed by atoms with E-state index >= 15 is 0 Å². The molecule has 0 aromatic heterocycles. The zero-order chi connectivity index (χ0) is 14.6. The minimum absolute atomic E-state index is 0.00554. The molecule has 1 atom stereocenters. The molecule has 19 heavy (non-hydrogen) atoms. The van der Waals surface area contributed by atoms with Gasteiger partial charge in [0.15, 0.2) is 0 Å². The van der Waals surface area contributed by atoms with Gasteiger partial charge in [0, 0.05) is 16.7 Å². The van der Waals surface area contributed by atoms with Crippen molar-refractivity contribution in [3.63, 3.8) is 0 Å². The van der Waals surface area contributed by atoms with Crippen LogP contribution in [0.15, 0.2) is 21.5 Å². The van der Waals surface area contributed by atoms with Crippen LogP contribution in [0.25, 0.3) is 0 Å². The van der Waals surface area contributed by atoms with Crippen LogP contribution >= 0.6 is 15.9 Å². The number of nitrogen functional groups attached to an aromatic ring is 1. The molecule has 0 spiro atoms. The van der Waals surface area contributed by atoms with Crippen LogP contribution in [0.5, 0.6) is 0 Å². The molecule has 0 aliphatic carbocycles. The topological polar surface area (TPSA) is 92.4 Å². The Kier molecular flexibility index (Phi) is 5.79. The SMILES string of the molecule is CCCC(O)CNS(=O)(=O)c1cc(N)c(Br)cc1C. The smallest absolute Gasteiger partial charge is 0.240 e. The maximum absolute atomic E-state index is 12.1. The van der Waals surface area contributed by atoms with E-state index in [0.29, 0.717) is 22.1 Å². The molecule has 1 unspecified atom stereocenters. The van der Waals surface area contributed by atoms with Crippen LogP contribution in [0.4, 0.5) is 5.69 Å². The molecule has 108 valence electrons. The third-order valence-electron chi connectivity index (χ3n) is 2.71. The third kappa shape index (κ3) is 4.45. The standard InChI is InChI=1S/C12H19BrN2O3S/c1-3-4-9(16)7-15-19(17,18)12-6-11(14)10(13)5-8(12)2/h5-6,9,15-16H,3-4,7,14H2,1-2H3.